The molecule has 0 amide bonds. The molecule has 4 rings (SSSR count). The van der Waals surface area contributed by atoms with Crippen molar-refractivity contribution in [1.29, 1.82) is 0 Å². The maximum atomic E-state index is 14.2. The molecule has 0 aliphatic rings. The highest BCUT2D eigenvalue weighted by atomic mass is 32.2. The lowest BCUT2D eigenvalue weighted by Gasteiger charge is -2.10. The van der Waals surface area contributed by atoms with Crippen molar-refractivity contribution >= 4 is 32.0 Å². The lowest BCUT2D eigenvalue weighted by molar-refractivity contribution is 0.410. The van der Waals surface area contributed by atoms with Crippen molar-refractivity contribution in [2.24, 2.45) is 0 Å². The number of sulfonamides is 1. The fraction of sp³-hybridized carbons (Fsp3) is 0.0556. The molecule has 6 nitrogen and oxygen atoms in total. The van der Waals surface area contributed by atoms with Crippen LogP contribution in [0.5, 0.6) is 5.75 Å². The SMILES string of the molecule is COc1ccc(S(=O)(=O)Nc2cccc(-c3cn4ccsc4n3)c2)c(F)c1. The highest BCUT2D eigenvalue weighted by molar-refractivity contribution is 7.92. The summed E-state index contributed by atoms with van der Waals surface area (Å²) >= 11 is 1.51. The summed E-state index contributed by atoms with van der Waals surface area (Å²) in [7, 11) is -2.70. The Labute approximate surface area is 158 Å². The van der Waals surface area contributed by atoms with E-state index in [0.29, 0.717) is 5.69 Å². The second-order valence-corrected chi connectivity index (χ2v) is 8.23. The number of fused-ring (bicyclic) bond motifs is 1. The standard InChI is InChI=1S/C18H14FN3O3S2/c1-25-14-5-6-17(15(19)10-14)27(23,24)21-13-4-2-3-12(9-13)16-11-22-7-8-26-18(22)20-16/h2-11,21H,1H3. The Kier molecular flexibility index (Phi) is 4.33. The first-order valence-electron chi connectivity index (χ1n) is 7.85. The number of hydrogen-bond acceptors (Lipinski definition) is 5. The molecule has 0 saturated carbocycles. The molecule has 4 aromatic rings. The lowest BCUT2D eigenvalue weighted by atomic mass is 10.1. The molecule has 138 valence electrons. The summed E-state index contributed by atoms with van der Waals surface area (Å²) in [4.78, 5) is 4.90. The van der Waals surface area contributed by atoms with Crippen molar-refractivity contribution in [2.75, 3.05) is 11.8 Å². The van der Waals surface area contributed by atoms with Gasteiger partial charge in [0.05, 0.1) is 12.8 Å². The third-order valence-corrected chi connectivity index (χ3v) is 6.12. The van der Waals surface area contributed by atoms with Crippen molar-refractivity contribution in [3.05, 3.63) is 66.1 Å². The van der Waals surface area contributed by atoms with Crippen LogP contribution in [0.1, 0.15) is 0 Å². The minimum atomic E-state index is -4.09. The predicted molar refractivity (Wildman–Crippen MR) is 102 cm³/mol. The van der Waals surface area contributed by atoms with Crippen LogP contribution in [0, 0.1) is 5.82 Å². The number of rotatable bonds is 5. The van der Waals surface area contributed by atoms with Gasteiger partial charge in [-0.15, -0.1) is 11.3 Å². The largest absolute Gasteiger partial charge is 0.497 e. The molecular weight excluding hydrogens is 389 g/mol. The highest BCUT2D eigenvalue weighted by Crippen LogP contribution is 2.26. The molecule has 0 unspecified atom stereocenters. The molecule has 0 spiro atoms. The number of anilines is 1. The Hall–Kier alpha value is -2.91. The van der Waals surface area contributed by atoms with Crippen LogP contribution in [0.25, 0.3) is 16.2 Å². The maximum Gasteiger partial charge on any atom is 0.264 e. The van der Waals surface area contributed by atoms with Gasteiger partial charge in [-0.1, -0.05) is 12.1 Å². The zero-order valence-corrected chi connectivity index (χ0v) is 15.7. The van der Waals surface area contributed by atoms with Crippen LogP contribution in [0.15, 0.2) is 65.1 Å². The summed E-state index contributed by atoms with van der Waals surface area (Å²) in [5.41, 5.74) is 1.79. The van der Waals surface area contributed by atoms with Crippen LogP contribution < -0.4 is 9.46 Å². The number of nitrogens with zero attached hydrogens (tertiary/aromatic N) is 2. The van der Waals surface area contributed by atoms with Gasteiger partial charge >= 0.3 is 0 Å². The van der Waals surface area contributed by atoms with E-state index in [4.69, 9.17) is 4.74 Å². The molecule has 0 aliphatic heterocycles. The van der Waals surface area contributed by atoms with Gasteiger partial charge in [-0.25, -0.2) is 17.8 Å². The second kappa shape index (κ2) is 6.67. The number of hydrogen-bond donors (Lipinski definition) is 1. The van der Waals surface area contributed by atoms with Gasteiger partial charge in [0.15, 0.2) is 4.96 Å². The highest BCUT2D eigenvalue weighted by Gasteiger charge is 2.20. The Bertz CT molecular complexity index is 1200. The summed E-state index contributed by atoms with van der Waals surface area (Å²) in [5, 5.41) is 1.93. The van der Waals surface area contributed by atoms with Gasteiger partial charge in [-0.3, -0.25) is 9.12 Å². The summed E-state index contributed by atoms with van der Waals surface area (Å²) in [6.07, 6.45) is 3.76. The zero-order chi connectivity index (χ0) is 19.0. The summed E-state index contributed by atoms with van der Waals surface area (Å²) < 4.78 is 48.5. The summed E-state index contributed by atoms with van der Waals surface area (Å²) in [6, 6.07) is 10.4. The van der Waals surface area contributed by atoms with Gasteiger partial charge in [-0.05, 0) is 24.3 Å². The third kappa shape index (κ3) is 3.38. The lowest BCUT2D eigenvalue weighted by Crippen LogP contribution is -2.14. The minimum absolute atomic E-state index is 0.244. The molecule has 0 radical (unpaired) electrons. The molecular formula is C18H14FN3O3S2. The van der Waals surface area contributed by atoms with Crippen molar-refractivity contribution in [2.45, 2.75) is 4.90 Å². The zero-order valence-electron chi connectivity index (χ0n) is 14.1. The van der Waals surface area contributed by atoms with Crippen LogP contribution in [-0.4, -0.2) is 24.9 Å². The molecule has 2 heterocycles. The van der Waals surface area contributed by atoms with Crippen LogP contribution in [0.2, 0.25) is 0 Å². The Morgan fingerprint density at radius 3 is 2.81 bits per heavy atom. The van der Waals surface area contributed by atoms with E-state index in [1.54, 1.807) is 18.2 Å². The van der Waals surface area contributed by atoms with Gasteiger partial charge in [0.25, 0.3) is 10.0 Å². The number of aromatic nitrogens is 2. The first-order chi connectivity index (χ1) is 13.0. The van der Waals surface area contributed by atoms with Crippen LogP contribution in [0.4, 0.5) is 10.1 Å². The van der Waals surface area contributed by atoms with E-state index in [1.807, 2.05) is 28.2 Å². The maximum absolute atomic E-state index is 14.2. The number of halogens is 1. The average molecular weight is 403 g/mol. The van der Waals surface area contributed by atoms with E-state index in [-0.39, 0.29) is 5.75 Å². The number of thiazole rings is 1. The average Bonchev–Trinajstić information content (AvgIpc) is 3.23. The van der Waals surface area contributed by atoms with Crippen LogP contribution >= 0.6 is 11.3 Å². The Balaban J connectivity index is 1.65. The van der Waals surface area contributed by atoms with Gasteiger partial charge < -0.3 is 4.74 Å². The van der Waals surface area contributed by atoms with Crippen molar-refractivity contribution in [3.8, 4) is 17.0 Å². The second-order valence-electron chi connectivity index (χ2n) is 5.70. The van der Waals surface area contributed by atoms with Gasteiger partial charge in [0, 0.05) is 35.1 Å². The molecule has 1 N–H and O–H groups in total. The molecule has 9 heteroatoms. The summed E-state index contributed by atoms with van der Waals surface area (Å²) in [5.74, 6) is -0.638. The normalized spacial score (nSPS) is 11.6. The van der Waals surface area contributed by atoms with Crippen LogP contribution in [-0.2, 0) is 10.0 Å². The van der Waals surface area contributed by atoms with Crippen molar-refractivity contribution in [1.82, 2.24) is 9.38 Å². The minimum Gasteiger partial charge on any atom is -0.497 e. The molecule has 2 aromatic carbocycles. The fourth-order valence-electron chi connectivity index (χ4n) is 2.65. The monoisotopic (exact) mass is 403 g/mol. The van der Waals surface area contributed by atoms with E-state index in [2.05, 4.69) is 9.71 Å². The van der Waals surface area contributed by atoms with Gasteiger partial charge in [0.1, 0.15) is 16.5 Å². The molecule has 27 heavy (non-hydrogen) atoms. The van der Waals surface area contributed by atoms with Gasteiger partial charge in [-0.2, -0.15) is 0 Å². The summed E-state index contributed by atoms with van der Waals surface area (Å²) in [6.45, 7) is 0. The van der Waals surface area contributed by atoms with E-state index in [0.717, 1.165) is 22.3 Å². The predicted octanol–water partition coefficient (Wildman–Crippen LogP) is 4.01. The first kappa shape index (κ1) is 17.5. The third-order valence-electron chi connectivity index (χ3n) is 3.93. The quantitative estimate of drug-likeness (QED) is 0.546. The molecule has 2 aromatic heterocycles. The van der Waals surface area contributed by atoms with E-state index >= 15 is 0 Å². The fourth-order valence-corrected chi connectivity index (χ4v) is 4.46. The number of ether oxygens (including phenoxy) is 1. The van der Waals surface area contributed by atoms with Crippen molar-refractivity contribution in [3.63, 3.8) is 0 Å². The van der Waals surface area contributed by atoms with Crippen molar-refractivity contribution < 1.29 is 17.5 Å². The molecule has 0 fully saturated rings. The van der Waals surface area contributed by atoms with Crippen LogP contribution in [0.3, 0.4) is 0 Å². The Morgan fingerprint density at radius 2 is 2.07 bits per heavy atom. The molecule has 0 bridgehead atoms. The van der Waals surface area contributed by atoms with E-state index in [1.165, 1.54) is 30.6 Å². The topological polar surface area (TPSA) is 72.7 Å². The molecule has 0 aliphatic carbocycles. The first-order valence-corrected chi connectivity index (χ1v) is 10.2. The Morgan fingerprint density at radius 1 is 1.22 bits per heavy atom. The number of benzene rings is 2. The molecule has 0 atom stereocenters. The number of methoxy groups -OCH3 is 1. The number of imidazole rings is 1. The number of nitrogens with one attached hydrogen (secondary N) is 1. The molecule has 0 saturated heterocycles. The van der Waals surface area contributed by atoms with E-state index < -0.39 is 20.7 Å². The van der Waals surface area contributed by atoms with Gasteiger partial charge in [0.2, 0.25) is 0 Å². The smallest absolute Gasteiger partial charge is 0.264 e. The van der Waals surface area contributed by atoms with E-state index in [9.17, 15) is 12.8 Å².